The normalized spacial score (nSPS) is 14.7. The van der Waals surface area contributed by atoms with Crippen LogP contribution in [-0.4, -0.2) is 14.6 Å². The van der Waals surface area contributed by atoms with E-state index < -0.39 is 0 Å². The third kappa shape index (κ3) is 3.34. The molecule has 0 spiro atoms. The van der Waals surface area contributed by atoms with Crippen molar-refractivity contribution in [3.63, 3.8) is 0 Å². The summed E-state index contributed by atoms with van der Waals surface area (Å²) in [5, 5.41) is 7.13. The quantitative estimate of drug-likeness (QED) is 0.298. The van der Waals surface area contributed by atoms with Crippen LogP contribution in [0.1, 0.15) is 24.8 Å². The first kappa shape index (κ1) is 21.0. The van der Waals surface area contributed by atoms with E-state index in [4.69, 9.17) is 15.8 Å². The molecule has 2 aromatic heterocycles. The van der Waals surface area contributed by atoms with Crippen molar-refractivity contribution in [3.8, 4) is 33.5 Å². The zero-order valence-corrected chi connectivity index (χ0v) is 19.9. The second kappa shape index (κ2) is 8.14. The summed E-state index contributed by atoms with van der Waals surface area (Å²) >= 11 is 0. The zero-order valence-electron chi connectivity index (χ0n) is 19.9. The molecule has 1 aliphatic carbocycles. The number of rotatable bonds is 4. The summed E-state index contributed by atoms with van der Waals surface area (Å²) in [4.78, 5) is 5.26. The summed E-state index contributed by atoms with van der Waals surface area (Å²) in [6.45, 7) is 0. The molecule has 0 aliphatic heterocycles. The predicted octanol–water partition coefficient (Wildman–Crippen LogP) is 7.22. The number of aromatic nitrogens is 3. The van der Waals surface area contributed by atoms with Gasteiger partial charge < -0.3 is 5.73 Å². The molecule has 1 aliphatic rings. The minimum absolute atomic E-state index is 0.175. The van der Waals surface area contributed by atoms with Crippen LogP contribution in [0.15, 0.2) is 109 Å². The molecule has 0 amide bonds. The zero-order chi connectivity index (χ0) is 24.1. The number of nitrogens with two attached hydrogens (primary N) is 1. The third-order valence-corrected chi connectivity index (χ3v) is 7.64. The molecule has 0 radical (unpaired) electrons. The van der Waals surface area contributed by atoms with Crippen LogP contribution in [-0.2, 0) is 5.54 Å². The van der Waals surface area contributed by atoms with Gasteiger partial charge in [0.05, 0.1) is 11.9 Å². The molecule has 0 unspecified atom stereocenters. The Morgan fingerprint density at radius 1 is 0.694 bits per heavy atom. The first-order valence-electron chi connectivity index (χ1n) is 12.5. The van der Waals surface area contributed by atoms with Crippen molar-refractivity contribution in [1.82, 2.24) is 14.6 Å². The summed E-state index contributed by atoms with van der Waals surface area (Å²) < 4.78 is 1.90. The fraction of sp³-hybridized carbons (Fsp3) is 0.125. The monoisotopic (exact) mass is 466 g/mol. The Bertz CT molecular complexity index is 1710. The molecule has 4 aromatic carbocycles. The van der Waals surface area contributed by atoms with Gasteiger partial charge in [-0.3, -0.25) is 0 Å². The highest BCUT2D eigenvalue weighted by Crippen LogP contribution is 2.40. The van der Waals surface area contributed by atoms with Crippen LogP contribution in [0.4, 0.5) is 0 Å². The minimum atomic E-state index is -0.175. The molecule has 4 nitrogen and oxygen atoms in total. The lowest BCUT2D eigenvalue weighted by atomic mass is 9.72. The van der Waals surface area contributed by atoms with E-state index in [9.17, 15) is 0 Å². The lowest BCUT2D eigenvalue weighted by Crippen LogP contribution is -2.43. The fourth-order valence-corrected chi connectivity index (χ4v) is 5.42. The maximum atomic E-state index is 6.60. The lowest BCUT2D eigenvalue weighted by molar-refractivity contribution is 0.253. The Kier molecular flexibility index (Phi) is 4.76. The van der Waals surface area contributed by atoms with Gasteiger partial charge in [-0.2, -0.15) is 5.10 Å². The Morgan fingerprint density at radius 3 is 2.22 bits per heavy atom. The van der Waals surface area contributed by atoms with Gasteiger partial charge in [-0.1, -0.05) is 97.1 Å². The van der Waals surface area contributed by atoms with Gasteiger partial charge in [-0.15, -0.1) is 0 Å². The molecule has 174 valence electrons. The summed E-state index contributed by atoms with van der Waals surface area (Å²) in [6, 6.07) is 34.0. The van der Waals surface area contributed by atoms with E-state index >= 15 is 0 Å². The average molecular weight is 467 g/mol. The van der Waals surface area contributed by atoms with Crippen molar-refractivity contribution in [2.75, 3.05) is 0 Å². The van der Waals surface area contributed by atoms with Crippen LogP contribution in [0, 0.1) is 0 Å². The van der Waals surface area contributed by atoms with Gasteiger partial charge in [-0.25, -0.2) is 9.50 Å². The van der Waals surface area contributed by atoms with E-state index in [1.165, 1.54) is 22.8 Å². The highest BCUT2D eigenvalue weighted by molar-refractivity contribution is 6.00. The number of benzene rings is 4. The summed E-state index contributed by atoms with van der Waals surface area (Å²) in [7, 11) is 0. The number of hydrogen-bond donors (Lipinski definition) is 1. The average Bonchev–Trinajstić information content (AvgIpc) is 3.34. The van der Waals surface area contributed by atoms with Crippen LogP contribution in [0.3, 0.4) is 0 Å². The van der Waals surface area contributed by atoms with Gasteiger partial charge in [0.2, 0.25) is 0 Å². The van der Waals surface area contributed by atoms with Crippen molar-refractivity contribution in [1.29, 1.82) is 0 Å². The van der Waals surface area contributed by atoms with Gasteiger partial charge in [0.1, 0.15) is 0 Å². The Hall–Kier alpha value is -4.28. The van der Waals surface area contributed by atoms with E-state index in [0.717, 1.165) is 52.0 Å². The van der Waals surface area contributed by atoms with Crippen LogP contribution in [0.5, 0.6) is 0 Å². The molecular weight excluding hydrogens is 440 g/mol. The third-order valence-electron chi connectivity index (χ3n) is 7.64. The van der Waals surface area contributed by atoms with Crippen molar-refractivity contribution in [2.24, 2.45) is 5.73 Å². The van der Waals surface area contributed by atoms with Crippen LogP contribution >= 0.6 is 0 Å². The first-order chi connectivity index (χ1) is 17.7. The van der Waals surface area contributed by atoms with Crippen molar-refractivity contribution < 1.29 is 0 Å². The molecule has 36 heavy (non-hydrogen) atoms. The van der Waals surface area contributed by atoms with Gasteiger partial charge in [0.15, 0.2) is 5.65 Å². The molecule has 4 heteroatoms. The molecule has 1 saturated carbocycles. The van der Waals surface area contributed by atoms with Gasteiger partial charge in [-0.05, 0) is 46.7 Å². The van der Waals surface area contributed by atoms with E-state index in [2.05, 4.69) is 97.2 Å². The lowest BCUT2D eigenvalue weighted by Gasteiger charge is -2.38. The van der Waals surface area contributed by atoms with Gasteiger partial charge >= 0.3 is 0 Å². The molecule has 7 rings (SSSR count). The second-order valence-electron chi connectivity index (χ2n) is 9.81. The highest BCUT2D eigenvalue weighted by atomic mass is 15.2. The molecule has 6 aromatic rings. The topological polar surface area (TPSA) is 56.2 Å². The van der Waals surface area contributed by atoms with E-state index in [1.807, 2.05) is 16.8 Å². The standard InChI is InChI=1S/C32H26N4/c33-32(18-7-19-32)25-16-14-24(15-17-25)30-29(23-8-2-1-3-9-23)21-36-31(35-30)28(20-34-36)27-13-6-11-22-10-4-5-12-26(22)27/h1-6,8-17,20-21H,7,18-19,33H2. The molecule has 0 saturated heterocycles. The molecule has 2 heterocycles. The molecule has 2 N–H and O–H groups in total. The summed E-state index contributed by atoms with van der Waals surface area (Å²) in [5.74, 6) is 0. The number of nitrogens with zero attached hydrogens (tertiary/aromatic N) is 3. The Morgan fingerprint density at radius 2 is 1.44 bits per heavy atom. The minimum Gasteiger partial charge on any atom is -0.321 e. The Balaban J connectivity index is 1.44. The largest absolute Gasteiger partial charge is 0.321 e. The molecule has 0 bridgehead atoms. The van der Waals surface area contributed by atoms with Crippen molar-refractivity contribution in [3.05, 3.63) is 115 Å². The molecule has 0 atom stereocenters. The maximum Gasteiger partial charge on any atom is 0.163 e. The summed E-state index contributed by atoms with van der Waals surface area (Å²) in [5.41, 5.74) is 14.8. The smallest absolute Gasteiger partial charge is 0.163 e. The van der Waals surface area contributed by atoms with E-state index in [1.54, 1.807) is 0 Å². The molecular formula is C32H26N4. The number of fused-ring (bicyclic) bond motifs is 2. The van der Waals surface area contributed by atoms with Crippen LogP contribution < -0.4 is 5.73 Å². The maximum absolute atomic E-state index is 6.60. The van der Waals surface area contributed by atoms with Gasteiger partial charge in [0, 0.05) is 28.4 Å². The van der Waals surface area contributed by atoms with Gasteiger partial charge in [0.25, 0.3) is 0 Å². The first-order valence-corrected chi connectivity index (χ1v) is 12.5. The highest BCUT2D eigenvalue weighted by Gasteiger charge is 2.34. The van der Waals surface area contributed by atoms with Crippen LogP contribution in [0.2, 0.25) is 0 Å². The number of hydrogen-bond acceptors (Lipinski definition) is 3. The van der Waals surface area contributed by atoms with Crippen LogP contribution in [0.25, 0.3) is 49.9 Å². The van der Waals surface area contributed by atoms with E-state index in [0.29, 0.717) is 0 Å². The van der Waals surface area contributed by atoms with Crippen molar-refractivity contribution in [2.45, 2.75) is 24.8 Å². The fourth-order valence-electron chi connectivity index (χ4n) is 5.42. The summed E-state index contributed by atoms with van der Waals surface area (Å²) in [6.07, 6.45) is 7.34. The predicted molar refractivity (Wildman–Crippen MR) is 147 cm³/mol. The second-order valence-corrected chi connectivity index (χ2v) is 9.81. The van der Waals surface area contributed by atoms with E-state index in [-0.39, 0.29) is 5.54 Å². The molecule has 1 fully saturated rings. The Labute approximate surface area is 210 Å². The van der Waals surface area contributed by atoms with Crippen molar-refractivity contribution >= 4 is 16.4 Å². The SMILES string of the molecule is NC1(c2ccc(-c3nc4c(-c5cccc6ccccc56)cnn4cc3-c3ccccc3)cc2)CCC1.